The molecule has 0 saturated heterocycles. The number of H-pyrrole nitrogens is 1. The molecule has 0 aliphatic carbocycles. The zero-order chi connectivity index (χ0) is 67.7. The predicted octanol–water partition coefficient (Wildman–Crippen LogP) is 6.13. The van der Waals surface area contributed by atoms with Crippen molar-refractivity contribution >= 4 is 74.7 Å². The maximum atomic E-state index is 13.0. The number of carbonyl (C=O) groups excluding carboxylic acids is 9. The van der Waals surface area contributed by atoms with Gasteiger partial charge in [-0.3, -0.25) is 58.8 Å². The standard InChI is InChI=1S/C24H32N4O5.C22H32N4O3.C21H27N3O5/c1-14(2)10-19(13-21(29)28-33)23(31)27-20(24(32)26-15(3)22(25)30)12-16-8-9-17-6-4-5-7-18(17)11-16;1-14(2)10-17(12-20(27)26-29)22(28)25-18(11-15(3)4)21-23-13-19(24-21)16-8-6-5-7-9-16;1-21(2,3)17(18(22)26)23-19(27)15(16(25)20(28)24-29)11-12-8-9-13-6-4-5-7-14(13)10-12/h4-9,11,14-15,19-20,33H,10,12-13H2,1-3H3,(H2,25,30)(H,26,32)(H,27,31)(H,28,29);5-9,13-15,17-18,29H,10-12H2,1-4H3,(H,23,24)(H,25,28)(H,26,27);4-10,15-17,25,29H,11H2,1-3H3,(H2,22,26)(H,23,27)(H,24,28)/t15-,19-,20-;17-,18-;15?,16-,17?/m000/s1. The van der Waals surface area contributed by atoms with Crippen LogP contribution in [0.1, 0.15) is 124 Å². The summed E-state index contributed by atoms with van der Waals surface area (Å²) in [6.07, 6.45) is 1.53. The number of hydroxylamine groups is 3. The van der Waals surface area contributed by atoms with E-state index in [2.05, 4.69) is 45.1 Å². The number of aliphatic hydroxyl groups excluding tert-OH is 1. The summed E-state index contributed by atoms with van der Waals surface area (Å²) in [7, 11) is 0. The Morgan fingerprint density at radius 3 is 1.44 bits per heavy atom. The Hall–Kier alpha value is -9.10. The molecule has 0 aliphatic rings. The summed E-state index contributed by atoms with van der Waals surface area (Å²) in [5.41, 5.74) is 18.0. The highest BCUT2D eigenvalue weighted by Crippen LogP contribution is 2.27. The predicted molar refractivity (Wildman–Crippen MR) is 343 cm³/mol. The molecule has 492 valence electrons. The molecule has 0 fully saturated rings. The molecule has 1 heterocycles. The van der Waals surface area contributed by atoms with E-state index in [0.29, 0.717) is 36.6 Å². The fourth-order valence-electron chi connectivity index (χ4n) is 10.2. The second kappa shape index (κ2) is 35.9. The van der Waals surface area contributed by atoms with Gasteiger partial charge in [0.05, 0.1) is 23.9 Å². The lowest BCUT2D eigenvalue weighted by atomic mass is 9.85. The van der Waals surface area contributed by atoms with Crippen LogP contribution in [0.4, 0.5) is 0 Å². The van der Waals surface area contributed by atoms with Crippen molar-refractivity contribution < 1.29 is 63.9 Å². The molecule has 6 aromatic rings. The monoisotopic (exact) mass is 1260 g/mol. The van der Waals surface area contributed by atoms with Crippen molar-refractivity contribution in [3.05, 3.63) is 138 Å². The number of fused-ring (bicyclic) bond motifs is 2. The quantitative estimate of drug-likeness (QED) is 0.0194. The molecule has 0 spiro atoms. The average Bonchev–Trinajstić information content (AvgIpc) is 2.11. The van der Waals surface area contributed by atoms with Gasteiger partial charge in [0.15, 0.2) is 0 Å². The third-order valence-corrected chi connectivity index (χ3v) is 14.9. The lowest BCUT2D eigenvalue weighted by Gasteiger charge is -2.31. The van der Waals surface area contributed by atoms with Gasteiger partial charge < -0.3 is 42.8 Å². The number of carbonyl (C=O) groups is 9. The maximum absolute atomic E-state index is 13.0. The van der Waals surface area contributed by atoms with Gasteiger partial charge in [-0.15, -0.1) is 0 Å². The van der Waals surface area contributed by atoms with Crippen molar-refractivity contribution in [3.8, 4) is 11.3 Å². The number of benzene rings is 5. The average molecular weight is 1260 g/mol. The summed E-state index contributed by atoms with van der Waals surface area (Å²) in [4.78, 5) is 118. The fourth-order valence-corrected chi connectivity index (χ4v) is 10.2. The Bertz CT molecular complexity index is 3400. The Labute approximate surface area is 530 Å². The molecular weight excluding hydrogens is 1170 g/mol. The minimum Gasteiger partial charge on any atom is -0.382 e. The van der Waals surface area contributed by atoms with Crippen LogP contribution in [-0.4, -0.2) is 108 Å². The van der Waals surface area contributed by atoms with Crippen LogP contribution < -0.4 is 49.2 Å². The highest BCUT2D eigenvalue weighted by Gasteiger charge is 2.38. The fraction of sp³-hybridized carbons (Fsp3) is 0.433. The van der Waals surface area contributed by atoms with Gasteiger partial charge in [0.25, 0.3) is 5.91 Å². The number of aromatic amines is 1. The number of imidazole rings is 1. The number of nitrogens with two attached hydrogens (primary N) is 2. The van der Waals surface area contributed by atoms with Crippen LogP contribution in [0.2, 0.25) is 0 Å². The molecule has 2 unspecified atom stereocenters. The smallest absolute Gasteiger partial charge is 0.272 e. The summed E-state index contributed by atoms with van der Waals surface area (Å²) in [5.74, 6) is -6.85. The molecule has 91 heavy (non-hydrogen) atoms. The molecule has 24 heteroatoms. The summed E-state index contributed by atoms with van der Waals surface area (Å²) < 4.78 is 0. The zero-order valence-electron chi connectivity index (χ0n) is 53.4. The topological polar surface area (TPSA) is 399 Å². The lowest BCUT2D eigenvalue weighted by Crippen LogP contribution is -2.56. The van der Waals surface area contributed by atoms with Crippen molar-refractivity contribution in [2.75, 3.05) is 0 Å². The second-order valence-corrected chi connectivity index (χ2v) is 25.1. The van der Waals surface area contributed by atoms with Gasteiger partial charge in [-0.1, -0.05) is 178 Å². The van der Waals surface area contributed by atoms with Gasteiger partial charge in [0, 0.05) is 31.1 Å². The Balaban J connectivity index is 0.000000292. The first-order chi connectivity index (χ1) is 42.9. The Morgan fingerprint density at radius 1 is 0.516 bits per heavy atom. The van der Waals surface area contributed by atoms with Crippen LogP contribution in [-0.2, 0) is 56.0 Å². The third-order valence-electron chi connectivity index (χ3n) is 14.9. The van der Waals surface area contributed by atoms with Crippen LogP contribution in [0.5, 0.6) is 0 Å². The van der Waals surface area contributed by atoms with E-state index >= 15 is 0 Å². The van der Waals surface area contributed by atoms with Gasteiger partial charge in [0.2, 0.25) is 47.3 Å². The molecular formula is C67H91N11O13. The van der Waals surface area contributed by atoms with Gasteiger partial charge in [-0.05, 0) is 94.0 Å². The second-order valence-electron chi connectivity index (χ2n) is 25.1. The summed E-state index contributed by atoms with van der Waals surface area (Å²) >= 11 is 0. The van der Waals surface area contributed by atoms with E-state index in [-0.39, 0.29) is 49.5 Å². The van der Waals surface area contributed by atoms with E-state index in [4.69, 9.17) is 27.1 Å². The molecule has 8 atom stereocenters. The molecule has 16 N–H and O–H groups in total. The van der Waals surface area contributed by atoms with Crippen LogP contribution in [0.3, 0.4) is 0 Å². The van der Waals surface area contributed by atoms with Crippen molar-refractivity contribution in [1.82, 2.24) is 47.7 Å². The van der Waals surface area contributed by atoms with E-state index in [9.17, 15) is 48.3 Å². The van der Waals surface area contributed by atoms with Crippen LogP contribution >= 0.6 is 0 Å². The number of aromatic nitrogens is 2. The summed E-state index contributed by atoms with van der Waals surface area (Å²) in [5, 5.41) is 51.8. The van der Waals surface area contributed by atoms with Gasteiger partial charge in [-0.2, -0.15) is 0 Å². The zero-order valence-corrected chi connectivity index (χ0v) is 53.4. The number of nitrogens with zero attached hydrogens (tertiary/aromatic N) is 1. The first-order valence-electron chi connectivity index (χ1n) is 30.3. The van der Waals surface area contributed by atoms with Crippen molar-refractivity contribution in [2.24, 2.45) is 52.4 Å². The minimum absolute atomic E-state index is 0.0148. The van der Waals surface area contributed by atoms with Crippen molar-refractivity contribution in [3.63, 3.8) is 0 Å². The first-order valence-corrected chi connectivity index (χ1v) is 30.3. The number of hydrogen-bond donors (Lipinski definition) is 14. The molecule has 0 saturated carbocycles. The molecule has 5 aromatic carbocycles. The van der Waals surface area contributed by atoms with Crippen molar-refractivity contribution in [2.45, 2.75) is 144 Å². The summed E-state index contributed by atoms with van der Waals surface area (Å²) in [6.45, 7) is 18.7. The highest BCUT2D eigenvalue weighted by atomic mass is 16.5. The van der Waals surface area contributed by atoms with Crippen LogP contribution in [0.25, 0.3) is 32.8 Å². The number of primary amides is 2. The SMILES string of the molecule is CC(C)(C)C(NC(=O)C(Cc1ccc2ccccc2c1)[C@H](O)C(=O)NO)C(N)=O.CC(C)C[C@@H](CC(=O)NO)C(=O)N[C@@H](CC(C)C)c1ncc(-c2ccccc2)[nH]1.CC(C)C[C@@H](CC(=O)NO)C(=O)N[C@@H](Cc1ccc2ccccc2c1)C(=O)N[C@@H](C)C(N)=O. The number of rotatable bonds is 28. The third kappa shape index (κ3) is 24.3. The van der Waals surface area contributed by atoms with Gasteiger partial charge in [-0.25, -0.2) is 21.4 Å². The van der Waals surface area contributed by atoms with E-state index < -0.39 is 94.7 Å². The van der Waals surface area contributed by atoms with Crippen LogP contribution in [0, 0.1) is 40.9 Å². The number of nitrogens with one attached hydrogen (secondary N) is 8. The van der Waals surface area contributed by atoms with Gasteiger partial charge in [0.1, 0.15) is 30.1 Å². The van der Waals surface area contributed by atoms with E-state index in [0.717, 1.165) is 38.4 Å². The van der Waals surface area contributed by atoms with Crippen molar-refractivity contribution in [1.29, 1.82) is 0 Å². The molecule has 0 radical (unpaired) electrons. The molecule has 1 aromatic heterocycles. The Morgan fingerprint density at radius 2 is 0.989 bits per heavy atom. The maximum Gasteiger partial charge on any atom is 0.272 e. The highest BCUT2D eigenvalue weighted by molar-refractivity contribution is 5.94. The number of aliphatic hydroxyl groups is 1. The molecule has 6 rings (SSSR count). The van der Waals surface area contributed by atoms with E-state index in [1.54, 1.807) is 44.0 Å². The molecule has 0 bridgehead atoms. The number of hydrogen-bond acceptors (Lipinski definition) is 14. The Kier molecular flexibility index (Phi) is 29.4. The molecule has 0 aliphatic heterocycles. The van der Waals surface area contributed by atoms with Gasteiger partial charge >= 0.3 is 0 Å². The van der Waals surface area contributed by atoms with E-state index in [1.807, 2.05) is 137 Å². The minimum atomic E-state index is -1.82. The molecule has 9 amide bonds. The number of amides is 9. The lowest BCUT2D eigenvalue weighted by molar-refractivity contribution is -0.146. The largest absolute Gasteiger partial charge is 0.382 e. The normalized spacial score (nSPS) is 13.9. The molecule has 24 nitrogen and oxygen atoms in total. The summed E-state index contributed by atoms with van der Waals surface area (Å²) in [6, 6.07) is 33.4. The first kappa shape index (κ1) is 74.4. The van der Waals surface area contributed by atoms with E-state index in [1.165, 1.54) is 12.4 Å². The van der Waals surface area contributed by atoms with Crippen LogP contribution in [0.15, 0.2) is 121 Å².